The Hall–Kier alpha value is -1.55. The van der Waals surface area contributed by atoms with E-state index in [2.05, 4.69) is 12.2 Å². The topological polar surface area (TPSA) is 58.6 Å². The van der Waals surface area contributed by atoms with E-state index in [1.807, 2.05) is 39.0 Å². The van der Waals surface area contributed by atoms with Crippen molar-refractivity contribution in [1.29, 1.82) is 0 Å². The second-order valence-corrected chi connectivity index (χ2v) is 5.05. The highest BCUT2D eigenvalue weighted by Gasteiger charge is 2.21. The number of benzene rings is 1. The van der Waals surface area contributed by atoms with Gasteiger partial charge in [-0.1, -0.05) is 38.0 Å². The first-order chi connectivity index (χ1) is 9.49. The van der Waals surface area contributed by atoms with Gasteiger partial charge in [0.15, 0.2) is 6.10 Å². The van der Waals surface area contributed by atoms with Gasteiger partial charge in [0.1, 0.15) is 5.75 Å². The highest BCUT2D eigenvalue weighted by molar-refractivity contribution is 5.72. The highest BCUT2D eigenvalue weighted by Crippen LogP contribution is 2.28. The molecule has 4 nitrogen and oxygen atoms in total. The summed E-state index contributed by atoms with van der Waals surface area (Å²) >= 11 is 0. The Morgan fingerprint density at radius 1 is 1.40 bits per heavy atom. The molecule has 0 spiro atoms. The van der Waals surface area contributed by atoms with Crippen LogP contribution in [-0.2, 0) is 4.79 Å². The molecule has 0 aliphatic rings. The van der Waals surface area contributed by atoms with E-state index in [4.69, 9.17) is 4.74 Å². The van der Waals surface area contributed by atoms with Crippen LogP contribution in [0.2, 0.25) is 0 Å². The third kappa shape index (κ3) is 4.53. The number of hydrogen-bond donors (Lipinski definition) is 2. The second kappa shape index (κ2) is 7.90. The zero-order chi connectivity index (χ0) is 15.1. The normalized spacial score (nSPS) is 13.8. The van der Waals surface area contributed by atoms with Crippen molar-refractivity contribution in [1.82, 2.24) is 5.32 Å². The summed E-state index contributed by atoms with van der Waals surface area (Å²) in [7, 11) is 0. The van der Waals surface area contributed by atoms with Crippen molar-refractivity contribution in [3.8, 4) is 5.75 Å². The lowest BCUT2D eigenvalue weighted by Gasteiger charge is -2.21. The van der Waals surface area contributed by atoms with Gasteiger partial charge < -0.3 is 15.2 Å². The van der Waals surface area contributed by atoms with E-state index in [1.165, 1.54) is 0 Å². The van der Waals surface area contributed by atoms with Crippen LogP contribution in [0.1, 0.15) is 50.8 Å². The molecule has 4 heteroatoms. The quantitative estimate of drug-likeness (QED) is 0.766. The molecule has 1 rings (SSSR count). The molecule has 0 saturated heterocycles. The average molecular weight is 279 g/mol. The van der Waals surface area contributed by atoms with Crippen molar-refractivity contribution >= 4 is 5.97 Å². The number of rotatable bonds is 8. The lowest BCUT2D eigenvalue weighted by Crippen LogP contribution is -2.28. The van der Waals surface area contributed by atoms with Crippen molar-refractivity contribution in [2.24, 2.45) is 0 Å². The molecule has 0 bridgehead atoms. The van der Waals surface area contributed by atoms with Gasteiger partial charge in [-0.05, 0) is 32.9 Å². The lowest BCUT2D eigenvalue weighted by atomic mass is 10.0. The van der Waals surface area contributed by atoms with Gasteiger partial charge in [-0.25, -0.2) is 4.79 Å². The van der Waals surface area contributed by atoms with Gasteiger partial charge in [-0.3, -0.25) is 0 Å². The maximum atomic E-state index is 11.2. The molecule has 0 radical (unpaired) electrons. The number of carboxylic acid groups (broad SMARTS) is 1. The Morgan fingerprint density at radius 3 is 2.65 bits per heavy atom. The molecule has 2 atom stereocenters. The summed E-state index contributed by atoms with van der Waals surface area (Å²) in [6.45, 7) is 8.93. The van der Waals surface area contributed by atoms with Crippen LogP contribution >= 0.6 is 0 Å². The number of aliphatic carboxylic acids is 1. The third-order valence-electron chi connectivity index (χ3n) is 3.24. The molecule has 0 aliphatic carbocycles. The summed E-state index contributed by atoms with van der Waals surface area (Å²) < 4.78 is 5.73. The van der Waals surface area contributed by atoms with Gasteiger partial charge in [0.05, 0.1) is 0 Å². The van der Waals surface area contributed by atoms with Crippen LogP contribution in [-0.4, -0.2) is 23.7 Å². The van der Waals surface area contributed by atoms with Gasteiger partial charge in [-0.2, -0.15) is 0 Å². The minimum absolute atomic E-state index is 0.131. The fraction of sp³-hybridized carbons (Fsp3) is 0.562. The molecule has 0 amide bonds. The molecule has 2 N–H and O–H groups in total. The third-order valence-corrected chi connectivity index (χ3v) is 3.24. The van der Waals surface area contributed by atoms with E-state index in [1.54, 1.807) is 0 Å². The maximum absolute atomic E-state index is 11.2. The Bertz CT molecular complexity index is 445. The van der Waals surface area contributed by atoms with Gasteiger partial charge in [0.2, 0.25) is 0 Å². The molecule has 0 fully saturated rings. The first kappa shape index (κ1) is 16.5. The summed E-state index contributed by atoms with van der Waals surface area (Å²) in [6, 6.07) is 5.99. The molecule has 1 aromatic carbocycles. The summed E-state index contributed by atoms with van der Waals surface area (Å²) in [5, 5.41) is 12.5. The van der Waals surface area contributed by atoms with E-state index in [0.29, 0.717) is 12.2 Å². The summed E-state index contributed by atoms with van der Waals surface area (Å²) in [5.41, 5.74) is 2.15. The average Bonchev–Trinajstić information content (AvgIpc) is 2.40. The van der Waals surface area contributed by atoms with E-state index in [-0.39, 0.29) is 6.04 Å². The van der Waals surface area contributed by atoms with E-state index in [0.717, 1.165) is 24.1 Å². The lowest BCUT2D eigenvalue weighted by molar-refractivity contribution is -0.145. The number of carboxylic acids is 1. The first-order valence-electron chi connectivity index (χ1n) is 7.22. The predicted octanol–water partition coefficient (Wildman–Crippen LogP) is 3.30. The molecule has 112 valence electrons. The Balaban J connectivity index is 3.00. The maximum Gasteiger partial charge on any atom is 0.344 e. The van der Waals surface area contributed by atoms with Crippen LogP contribution in [0, 0.1) is 6.92 Å². The number of ether oxygens (including phenoxy) is 1. The van der Waals surface area contributed by atoms with E-state index < -0.39 is 12.1 Å². The SMILES string of the molecule is CCCC(Oc1ccc(C)cc1C(C)NCC)C(=O)O. The summed E-state index contributed by atoms with van der Waals surface area (Å²) in [5.74, 6) is -0.251. The number of hydrogen-bond acceptors (Lipinski definition) is 3. The minimum atomic E-state index is -0.908. The molecule has 0 saturated carbocycles. The molecule has 0 heterocycles. The molecular formula is C16H25NO3. The standard InChI is InChI=1S/C16H25NO3/c1-5-7-15(16(18)19)20-14-9-8-11(3)10-13(14)12(4)17-6-2/h8-10,12,15,17H,5-7H2,1-4H3,(H,18,19). The fourth-order valence-corrected chi connectivity index (χ4v) is 2.18. The number of aryl methyl sites for hydroxylation is 1. The summed E-state index contributed by atoms with van der Waals surface area (Å²) in [4.78, 5) is 11.2. The van der Waals surface area contributed by atoms with Gasteiger partial charge >= 0.3 is 5.97 Å². The van der Waals surface area contributed by atoms with Crippen molar-refractivity contribution in [2.75, 3.05) is 6.54 Å². The van der Waals surface area contributed by atoms with Crippen molar-refractivity contribution < 1.29 is 14.6 Å². The number of carbonyl (C=O) groups is 1. The highest BCUT2D eigenvalue weighted by atomic mass is 16.5. The van der Waals surface area contributed by atoms with Gasteiger partial charge in [-0.15, -0.1) is 0 Å². The largest absolute Gasteiger partial charge is 0.479 e. The minimum Gasteiger partial charge on any atom is -0.479 e. The Kier molecular flexibility index (Phi) is 6.52. The zero-order valence-electron chi connectivity index (χ0n) is 12.8. The zero-order valence-corrected chi connectivity index (χ0v) is 12.8. The Labute approximate surface area is 121 Å². The number of nitrogens with one attached hydrogen (secondary N) is 1. The molecule has 1 aromatic rings. The Morgan fingerprint density at radius 2 is 2.10 bits per heavy atom. The van der Waals surface area contributed by atoms with Crippen LogP contribution in [0.15, 0.2) is 18.2 Å². The van der Waals surface area contributed by atoms with Crippen LogP contribution < -0.4 is 10.1 Å². The summed E-state index contributed by atoms with van der Waals surface area (Å²) in [6.07, 6.45) is 0.509. The van der Waals surface area contributed by atoms with Crippen molar-refractivity contribution in [3.05, 3.63) is 29.3 Å². The van der Waals surface area contributed by atoms with Crippen LogP contribution in [0.4, 0.5) is 0 Å². The molecule has 2 unspecified atom stereocenters. The van der Waals surface area contributed by atoms with Gasteiger partial charge in [0, 0.05) is 11.6 Å². The fourth-order valence-electron chi connectivity index (χ4n) is 2.18. The van der Waals surface area contributed by atoms with Crippen molar-refractivity contribution in [2.45, 2.75) is 52.7 Å². The van der Waals surface area contributed by atoms with Crippen LogP contribution in [0.25, 0.3) is 0 Å². The van der Waals surface area contributed by atoms with E-state index in [9.17, 15) is 9.90 Å². The van der Waals surface area contributed by atoms with Crippen molar-refractivity contribution in [3.63, 3.8) is 0 Å². The first-order valence-corrected chi connectivity index (χ1v) is 7.22. The molecule has 20 heavy (non-hydrogen) atoms. The van der Waals surface area contributed by atoms with Crippen LogP contribution in [0.5, 0.6) is 5.75 Å². The van der Waals surface area contributed by atoms with E-state index >= 15 is 0 Å². The molecule has 0 aliphatic heterocycles. The monoisotopic (exact) mass is 279 g/mol. The molecule has 0 aromatic heterocycles. The van der Waals surface area contributed by atoms with Crippen LogP contribution in [0.3, 0.4) is 0 Å². The predicted molar refractivity (Wildman–Crippen MR) is 80.2 cm³/mol. The molecular weight excluding hydrogens is 254 g/mol. The van der Waals surface area contributed by atoms with Gasteiger partial charge in [0.25, 0.3) is 0 Å². The smallest absolute Gasteiger partial charge is 0.344 e. The second-order valence-electron chi connectivity index (χ2n) is 5.05.